The van der Waals surface area contributed by atoms with Gasteiger partial charge in [0.05, 0.1) is 18.4 Å². The van der Waals surface area contributed by atoms with E-state index in [0.29, 0.717) is 0 Å². The molecule has 0 bridgehead atoms. The van der Waals surface area contributed by atoms with Gasteiger partial charge in [0.2, 0.25) is 0 Å². The second-order valence-electron chi connectivity index (χ2n) is 5.07. The molecule has 6 heteroatoms. The zero-order valence-electron chi connectivity index (χ0n) is 12.8. The summed E-state index contributed by atoms with van der Waals surface area (Å²) in [6.45, 7) is 8.42. The van der Waals surface area contributed by atoms with Crippen LogP contribution in [-0.4, -0.2) is 43.6 Å². The molecule has 1 unspecified atom stereocenters. The average molecular weight is 288 g/mol. The van der Waals surface area contributed by atoms with Crippen LogP contribution < -0.4 is 0 Å². The maximum Gasteiger partial charge on any atom is 0.309 e. The molecule has 0 aromatic carbocycles. The van der Waals surface area contributed by atoms with E-state index < -0.39 is 12.1 Å². The molecule has 0 saturated carbocycles. The van der Waals surface area contributed by atoms with Crippen molar-refractivity contribution in [1.29, 1.82) is 0 Å². The Bertz CT molecular complexity index is 335. The highest BCUT2D eigenvalue weighted by molar-refractivity contribution is 5.86. The molecule has 0 N–H and O–H groups in total. The van der Waals surface area contributed by atoms with Crippen molar-refractivity contribution < 1.29 is 28.6 Å². The molecule has 0 fully saturated rings. The Balaban J connectivity index is 3.78. The first-order chi connectivity index (χ1) is 9.25. The van der Waals surface area contributed by atoms with Crippen LogP contribution in [-0.2, 0) is 28.6 Å². The zero-order valence-corrected chi connectivity index (χ0v) is 12.8. The first-order valence-electron chi connectivity index (χ1n) is 6.73. The van der Waals surface area contributed by atoms with E-state index >= 15 is 0 Å². The Hall–Kier alpha value is -1.43. The van der Waals surface area contributed by atoms with Gasteiger partial charge in [-0.1, -0.05) is 27.7 Å². The van der Waals surface area contributed by atoms with Crippen LogP contribution in [0.5, 0.6) is 0 Å². The molecule has 116 valence electrons. The van der Waals surface area contributed by atoms with Crippen LogP contribution in [0.1, 0.15) is 34.6 Å². The first-order valence-corrected chi connectivity index (χ1v) is 6.73. The molecular weight excluding hydrogens is 264 g/mol. The molecule has 0 radical (unpaired) electrons. The Morgan fingerprint density at radius 3 is 1.90 bits per heavy atom. The largest absolute Gasteiger partial charge is 0.463 e. The third kappa shape index (κ3) is 7.89. The molecule has 0 aromatic rings. The van der Waals surface area contributed by atoms with E-state index in [1.165, 1.54) is 6.92 Å². The topological polar surface area (TPSA) is 78.9 Å². The van der Waals surface area contributed by atoms with Crippen molar-refractivity contribution in [2.24, 2.45) is 11.8 Å². The van der Waals surface area contributed by atoms with Crippen LogP contribution in [0, 0.1) is 11.8 Å². The molecule has 1 atom stereocenters. The Kier molecular flexibility index (Phi) is 8.79. The SMILES string of the molecule is CC(C)C(=O)OCCOCC(=O)C(C)OC(=O)C(C)C. The second kappa shape index (κ2) is 9.47. The minimum atomic E-state index is -0.830. The van der Waals surface area contributed by atoms with Gasteiger partial charge in [-0.25, -0.2) is 0 Å². The summed E-state index contributed by atoms with van der Waals surface area (Å²) in [5.74, 6) is -1.52. The molecule has 0 aliphatic carbocycles. The summed E-state index contributed by atoms with van der Waals surface area (Å²) in [4.78, 5) is 34.0. The van der Waals surface area contributed by atoms with Crippen LogP contribution in [0.15, 0.2) is 0 Å². The van der Waals surface area contributed by atoms with Crippen molar-refractivity contribution in [3.8, 4) is 0 Å². The summed E-state index contributed by atoms with van der Waals surface area (Å²) in [5.41, 5.74) is 0. The van der Waals surface area contributed by atoms with Crippen LogP contribution in [0.2, 0.25) is 0 Å². The number of hydrogen-bond donors (Lipinski definition) is 0. The maximum atomic E-state index is 11.6. The number of rotatable bonds is 9. The molecule has 6 nitrogen and oxygen atoms in total. The Morgan fingerprint density at radius 2 is 1.40 bits per heavy atom. The molecule has 20 heavy (non-hydrogen) atoms. The monoisotopic (exact) mass is 288 g/mol. The normalized spacial score (nSPS) is 12.3. The third-order valence-corrected chi connectivity index (χ3v) is 2.41. The van der Waals surface area contributed by atoms with Crippen LogP contribution in [0.3, 0.4) is 0 Å². The van der Waals surface area contributed by atoms with E-state index in [-0.39, 0.29) is 43.4 Å². The lowest BCUT2D eigenvalue weighted by atomic mass is 10.2. The molecule has 0 saturated heterocycles. The van der Waals surface area contributed by atoms with Crippen molar-refractivity contribution in [1.82, 2.24) is 0 Å². The molecule has 0 spiro atoms. The summed E-state index contributed by atoms with van der Waals surface area (Å²) in [6, 6.07) is 0. The van der Waals surface area contributed by atoms with Gasteiger partial charge in [0.1, 0.15) is 13.2 Å². The zero-order chi connectivity index (χ0) is 15.7. The molecule has 0 aliphatic heterocycles. The highest BCUT2D eigenvalue weighted by Gasteiger charge is 2.19. The second-order valence-corrected chi connectivity index (χ2v) is 5.07. The predicted molar refractivity (Wildman–Crippen MR) is 72.0 cm³/mol. The van der Waals surface area contributed by atoms with Gasteiger partial charge in [0.25, 0.3) is 0 Å². The third-order valence-electron chi connectivity index (χ3n) is 2.41. The lowest BCUT2D eigenvalue weighted by molar-refractivity contribution is -0.159. The lowest BCUT2D eigenvalue weighted by Gasteiger charge is -2.14. The van der Waals surface area contributed by atoms with Crippen LogP contribution >= 0.6 is 0 Å². The summed E-state index contributed by atoms with van der Waals surface area (Å²) in [6.07, 6.45) is -0.830. The smallest absolute Gasteiger partial charge is 0.309 e. The average Bonchev–Trinajstić information content (AvgIpc) is 2.37. The van der Waals surface area contributed by atoms with Gasteiger partial charge in [-0.05, 0) is 6.92 Å². The molecule has 0 aromatic heterocycles. The molecule has 0 heterocycles. The number of Topliss-reactive ketones (excluding diaryl/α,β-unsaturated/α-hetero) is 1. The van der Waals surface area contributed by atoms with E-state index in [4.69, 9.17) is 14.2 Å². The molecule has 0 rings (SSSR count). The number of hydrogen-bond acceptors (Lipinski definition) is 6. The minimum absolute atomic E-state index is 0.102. The fraction of sp³-hybridized carbons (Fsp3) is 0.786. The highest BCUT2D eigenvalue weighted by Crippen LogP contribution is 2.02. The van der Waals surface area contributed by atoms with Gasteiger partial charge < -0.3 is 14.2 Å². The summed E-state index contributed by atoms with van der Waals surface area (Å²) >= 11 is 0. The van der Waals surface area contributed by atoms with Crippen molar-refractivity contribution >= 4 is 17.7 Å². The van der Waals surface area contributed by atoms with E-state index in [1.807, 2.05) is 0 Å². The Morgan fingerprint density at radius 1 is 0.850 bits per heavy atom. The molecule has 0 aliphatic rings. The number of ketones is 1. The number of carbonyl (C=O) groups is 3. The maximum absolute atomic E-state index is 11.6. The van der Waals surface area contributed by atoms with Crippen molar-refractivity contribution in [2.75, 3.05) is 19.8 Å². The van der Waals surface area contributed by atoms with Gasteiger partial charge in [-0.3, -0.25) is 14.4 Å². The summed E-state index contributed by atoms with van der Waals surface area (Å²) < 4.78 is 14.9. The Labute approximate surface area is 119 Å². The van der Waals surface area contributed by atoms with Crippen LogP contribution in [0.4, 0.5) is 0 Å². The van der Waals surface area contributed by atoms with Gasteiger partial charge in [0, 0.05) is 0 Å². The predicted octanol–water partition coefficient (Wildman–Crippen LogP) is 1.36. The van der Waals surface area contributed by atoms with E-state index in [0.717, 1.165) is 0 Å². The van der Waals surface area contributed by atoms with E-state index in [9.17, 15) is 14.4 Å². The number of carbonyl (C=O) groups excluding carboxylic acids is 3. The first kappa shape index (κ1) is 18.6. The lowest BCUT2D eigenvalue weighted by Crippen LogP contribution is -2.29. The van der Waals surface area contributed by atoms with Crippen molar-refractivity contribution in [3.05, 3.63) is 0 Å². The standard InChI is InChI=1S/C14H24O6/c1-9(2)13(16)19-7-6-18-8-12(15)11(5)20-14(17)10(3)4/h9-11H,6-8H2,1-5H3. The highest BCUT2D eigenvalue weighted by atomic mass is 16.6. The van der Waals surface area contributed by atoms with Crippen LogP contribution in [0.25, 0.3) is 0 Å². The van der Waals surface area contributed by atoms with Crippen molar-refractivity contribution in [3.63, 3.8) is 0 Å². The summed E-state index contributed by atoms with van der Waals surface area (Å²) in [5, 5.41) is 0. The van der Waals surface area contributed by atoms with Gasteiger partial charge in [-0.15, -0.1) is 0 Å². The fourth-order valence-electron chi connectivity index (χ4n) is 1.03. The summed E-state index contributed by atoms with van der Waals surface area (Å²) in [7, 11) is 0. The van der Waals surface area contributed by atoms with Gasteiger partial charge in [0.15, 0.2) is 11.9 Å². The van der Waals surface area contributed by atoms with Gasteiger partial charge >= 0.3 is 11.9 Å². The van der Waals surface area contributed by atoms with E-state index in [1.54, 1.807) is 27.7 Å². The fourth-order valence-corrected chi connectivity index (χ4v) is 1.03. The van der Waals surface area contributed by atoms with Gasteiger partial charge in [-0.2, -0.15) is 0 Å². The number of esters is 2. The minimum Gasteiger partial charge on any atom is -0.463 e. The molecule has 0 amide bonds. The van der Waals surface area contributed by atoms with E-state index in [2.05, 4.69) is 0 Å². The van der Waals surface area contributed by atoms with Crippen molar-refractivity contribution in [2.45, 2.75) is 40.7 Å². The molecular formula is C14H24O6. The quantitative estimate of drug-likeness (QED) is 0.471. The number of ether oxygens (including phenoxy) is 3.